The maximum Gasteiger partial charge on any atom is 0.270 e. The molecule has 0 aliphatic heterocycles. The fourth-order valence-corrected chi connectivity index (χ4v) is 1.86. The third-order valence-electron chi connectivity index (χ3n) is 2.22. The third-order valence-corrected chi connectivity index (χ3v) is 2.38. The summed E-state index contributed by atoms with van der Waals surface area (Å²) < 4.78 is 0. The van der Waals surface area contributed by atoms with Crippen LogP contribution in [-0.2, 0) is 0 Å². The molecule has 1 unspecified atom stereocenters. The monoisotopic (exact) mass is 251 g/mol. The van der Waals surface area contributed by atoms with E-state index in [1.807, 2.05) is 26.8 Å². The van der Waals surface area contributed by atoms with Crippen LogP contribution in [0.15, 0.2) is 12.1 Å². The van der Waals surface area contributed by atoms with E-state index in [0.29, 0.717) is 17.1 Å². The second-order valence-electron chi connectivity index (χ2n) is 4.22. The zero-order chi connectivity index (χ0) is 13.0. The number of nitrogens with one attached hydrogen (secondary N) is 1. The van der Waals surface area contributed by atoms with Gasteiger partial charge in [-0.25, -0.2) is 4.98 Å². The number of nitrogens with two attached hydrogens (primary N) is 1. The highest BCUT2D eigenvalue weighted by Crippen LogP contribution is 2.05. The molecule has 0 bridgehead atoms. The van der Waals surface area contributed by atoms with Crippen molar-refractivity contribution in [3.05, 3.63) is 29.1 Å². The van der Waals surface area contributed by atoms with Crippen LogP contribution in [0.5, 0.6) is 0 Å². The fraction of sp³-hybridized carbons (Fsp3) is 0.417. The Hall–Kier alpha value is -1.49. The van der Waals surface area contributed by atoms with Crippen LogP contribution in [0.25, 0.3) is 0 Å². The summed E-state index contributed by atoms with van der Waals surface area (Å²) in [7, 11) is 0. The van der Waals surface area contributed by atoms with E-state index in [1.54, 1.807) is 6.07 Å². The van der Waals surface area contributed by atoms with Gasteiger partial charge in [-0.05, 0) is 38.5 Å². The molecule has 1 aromatic heterocycles. The van der Waals surface area contributed by atoms with E-state index < -0.39 is 0 Å². The molecule has 0 spiro atoms. The van der Waals surface area contributed by atoms with Crippen molar-refractivity contribution in [1.29, 1.82) is 0 Å². The van der Waals surface area contributed by atoms with Gasteiger partial charge in [0.15, 0.2) is 0 Å². The number of pyridine rings is 1. The normalized spacial score (nSPS) is 11.9. The Kier molecular flexibility index (Phi) is 4.57. The zero-order valence-electron chi connectivity index (χ0n) is 10.3. The lowest BCUT2D eigenvalue weighted by Gasteiger charge is -2.13. The predicted octanol–water partition coefficient (Wildman–Crippen LogP) is 1.49. The summed E-state index contributed by atoms with van der Waals surface area (Å²) in [6, 6.07) is 3.60. The number of amides is 1. The Bertz CT molecular complexity index is 425. The van der Waals surface area contributed by atoms with Gasteiger partial charge in [0.05, 0.1) is 4.99 Å². The van der Waals surface area contributed by atoms with Crippen molar-refractivity contribution in [2.24, 2.45) is 5.73 Å². The molecular formula is C12H17N3OS. The summed E-state index contributed by atoms with van der Waals surface area (Å²) >= 11 is 4.79. The summed E-state index contributed by atoms with van der Waals surface area (Å²) in [6.07, 6.45) is 0.492. The number of carbonyl (C=O) groups excluding carboxylic acids is 1. The zero-order valence-corrected chi connectivity index (χ0v) is 11.1. The largest absolute Gasteiger partial charge is 0.393 e. The summed E-state index contributed by atoms with van der Waals surface area (Å²) in [5.41, 5.74) is 7.70. The van der Waals surface area contributed by atoms with Crippen molar-refractivity contribution in [2.75, 3.05) is 0 Å². The fourth-order valence-electron chi connectivity index (χ4n) is 1.61. The van der Waals surface area contributed by atoms with E-state index in [1.165, 1.54) is 0 Å². The summed E-state index contributed by atoms with van der Waals surface area (Å²) in [6.45, 7) is 5.66. The van der Waals surface area contributed by atoms with E-state index in [4.69, 9.17) is 18.0 Å². The van der Waals surface area contributed by atoms with Crippen LogP contribution in [0.1, 0.15) is 35.1 Å². The molecule has 0 radical (unpaired) electrons. The van der Waals surface area contributed by atoms with Gasteiger partial charge in [0.25, 0.3) is 5.91 Å². The van der Waals surface area contributed by atoms with Gasteiger partial charge < -0.3 is 11.1 Å². The van der Waals surface area contributed by atoms with Gasteiger partial charge in [0.2, 0.25) is 0 Å². The number of aromatic nitrogens is 1. The SMILES string of the molecule is Cc1cc(C)nc(C(=O)NC(C)CC(N)=S)c1. The maximum atomic E-state index is 11.9. The van der Waals surface area contributed by atoms with Gasteiger partial charge in [0.1, 0.15) is 5.69 Å². The number of carbonyl (C=O) groups is 1. The molecule has 1 rings (SSSR count). The average molecular weight is 251 g/mol. The van der Waals surface area contributed by atoms with Gasteiger partial charge >= 0.3 is 0 Å². The molecule has 92 valence electrons. The first-order valence-corrected chi connectivity index (χ1v) is 5.83. The van der Waals surface area contributed by atoms with Crippen molar-refractivity contribution in [1.82, 2.24) is 10.3 Å². The van der Waals surface area contributed by atoms with Crippen LogP contribution in [0, 0.1) is 13.8 Å². The van der Waals surface area contributed by atoms with E-state index in [9.17, 15) is 4.79 Å². The standard InChI is InChI=1S/C12H17N3OS/c1-7-4-8(2)14-10(5-7)12(16)15-9(3)6-11(13)17/h4-5,9H,6H2,1-3H3,(H2,13,17)(H,15,16). The lowest BCUT2D eigenvalue weighted by molar-refractivity contribution is 0.0936. The molecule has 0 fully saturated rings. The average Bonchev–Trinajstić information content (AvgIpc) is 2.14. The second kappa shape index (κ2) is 5.72. The molecule has 17 heavy (non-hydrogen) atoms. The summed E-state index contributed by atoms with van der Waals surface area (Å²) in [5, 5.41) is 2.81. The van der Waals surface area contributed by atoms with E-state index in [-0.39, 0.29) is 11.9 Å². The highest BCUT2D eigenvalue weighted by atomic mass is 32.1. The van der Waals surface area contributed by atoms with Crippen molar-refractivity contribution in [2.45, 2.75) is 33.2 Å². The maximum absolute atomic E-state index is 11.9. The molecule has 0 aliphatic rings. The van der Waals surface area contributed by atoms with Gasteiger partial charge in [-0.15, -0.1) is 0 Å². The van der Waals surface area contributed by atoms with E-state index >= 15 is 0 Å². The molecule has 0 saturated carbocycles. The van der Waals surface area contributed by atoms with Crippen LogP contribution >= 0.6 is 12.2 Å². The van der Waals surface area contributed by atoms with Crippen LogP contribution in [0.2, 0.25) is 0 Å². The molecule has 4 nitrogen and oxygen atoms in total. The Morgan fingerprint density at radius 1 is 1.53 bits per heavy atom. The van der Waals surface area contributed by atoms with Crippen molar-refractivity contribution in [3.63, 3.8) is 0 Å². The molecule has 0 aliphatic carbocycles. The number of aryl methyl sites for hydroxylation is 2. The van der Waals surface area contributed by atoms with E-state index in [2.05, 4.69) is 10.3 Å². The van der Waals surface area contributed by atoms with Gasteiger partial charge in [-0.2, -0.15) is 0 Å². The first-order valence-electron chi connectivity index (χ1n) is 5.43. The number of hydrogen-bond donors (Lipinski definition) is 2. The first kappa shape index (κ1) is 13.6. The Balaban J connectivity index is 2.72. The van der Waals surface area contributed by atoms with Gasteiger partial charge in [-0.3, -0.25) is 4.79 Å². The number of hydrogen-bond acceptors (Lipinski definition) is 3. The minimum Gasteiger partial charge on any atom is -0.393 e. The Morgan fingerprint density at radius 2 is 2.18 bits per heavy atom. The minimum absolute atomic E-state index is 0.0809. The quantitative estimate of drug-likeness (QED) is 0.796. The lowest BCUT2D eigenvalue weighted by Crippen LogP contribution is -2.35. The number of thiocarbonyl (C=S) groups is 1. The molecule has 1 amide bonds. The van der Waals surface area contributed by atoms with Gasteiger partial charge in [0, 0.05) is 18.2 Å². The van der Waals surface area contributed by atoms with E-state index in [0.717, 1.165) is 11.3 Å². The summed E-state index contributed by atoms with van der Waals surface area (Å²) in [5.74, 6) is -0.194. The number of nitrogens with zero attached hydrogens (tertiary/aromatic N) is 1. The molecule has 1 heterocycles. The predicted molar refractivity (Wildman–Crippen MR) is 72.0 cm³/mol. The van der Waals surface area contributed by atoms with Crippen molar-refractivity contribution < 1.29 is 4.79 Å². The number of rotatable bonds is 4. The smallest absolute Gasteiger partial charge is 0.270 e. The molecule has 0 saturated heterocycles. The highest BCUT2D eigenvalue weighted by Gasteiger charge is 2.12. The molecule has 0 aromatic carbocycles. The van der Waals surface area contributed by atoms with Crippen LogP contribution in [0.3, 0.4) is 0 Å². The Morgan fingerprint density at radius 3 is 2.71 bits per heavy atom. The molecule has 3 N–H and O–H groups in total. The molecular weight excluding hydrogens is 234 g/mol. The van der Waals surface area contributed by atoms with Crippen LogP contribution in [-0.4, -0.2) is 21.9 Å². The molecule has 1 atom stereocenters. The van der Waals surface area contributed by atoms with Crippen LogP contribution < -0.4 is 11.1 Å². The molecule has 1 aromatic rings. The van der Waals surface area contributed by atoms with Crippen LogP contribution in [0.4, 0.5) is 0 Å². The molecule has 5 heteroatoms. The first-order chi connectivity index (χ1) is 7.88. The minimum atomic E-state index is -0.194. The van der Waals surface area contributed by atoms with Crippen molar-refractivity contribution in [3.8, 4) is 0 Å². The second-order valence-corrected chi connectivity index (χ2v) is 4.74. The lowest BCUT2D eigenvalue weighted by atomic mass is 10.2. The summed E-state index contributed by atoms with van der Waals surface area (Å²) in [4.78, 5) is 16.5. The Labute approximate surface area is 107 Å². The van der Waals surface area contributed by atoms with Crippen molar-refractivity contribution >= 4 is 23.1 Å². The topological polar surface area (TPSA) is 68.0 Å². The third kappa shape index (κ3) is 4.48. The highest BCUT2D eigenvalue weighted by molar-refractivity contribution is 7.80. The van der Waals surface area contributed by atoms with Gasteiger partial charge in [-0.1, -0.05) is 12.2 Å².